The van der Waals surface area contributed by atoms with Gasteiger partial charge in [0.15, 0.2) is 11.5 Å². The van der Waals surface area contributed by atoms with E-state index in [0.29, 0.717) is 30.2 Å². The van der Waals surface area contributed by atoms with Crippen LogP contribution in [0.3, 0.4) is 0 Å². The molecule has 1 aliphatic rings. The third kappa shape index (κ3) is 6.31. The predicted molar refractivity (Wildman–Crippen MR) is 132 cm³/mol. The molecule has 3 aromatic rings. The van der Waals surface area contributed by atoms with Crippen molar-refractivity contribution < 1.29 is 29.0 Å². The summed E-state index contributed by atoms with van der Waals surface area (Å²) in [6, 6.07) is 11.3. The lowest BCUT2D eigenvalue weighted by Gasteiger charge is -2.24. The number of aliphatic carboxylic acids is 1. The summed E-state index contributed by atoms with van der Waals surface area (Å²) in [5.74, 6) is -1.19. The van der Waals surface area contributed by atoms with Crippen molar-refractivity contribution in [2.24, 2.45) is 5.92 Å². The summed E-state index contributed by atoms with van der Waals surface area (Å²) in [7, 11) is 0. The number of hydrogen-bond donors (Lipinski definition) is 3. The molecule has 1 unspecified atom stereocenters. The molecule has 2 aromatic heterocycles. The van der Waals surface area contributed by atoms with Crippen LogP contribution < -0.4 is 20.1 Å². The average Bonchev–Trinajstić information content (AvgIpc) is 3.62. The number of nitrogens with zero attached hydrogens (tertiary/aromatic N) is 1. The zero-order valence-electron chi connectivity index (χ0n) is 18.9. The third-order valence-corrected chi connectivity index (χ3v) is 7.26. The summed E-state index contributed by atoms with van der Waals surface area (Å²) < 4.78 is 10.7. The number of nitrogens with one attached hydrogen (secondary N) is 2. The topological polar surface area (TPSA) is 117 Å². The van der Waals surface area contributed by atoms with Crippen LogP contribution in [0.4, 0.5) is 4.79 Å². The zero-order chi connectivity index (χ0) is 24.8. The van der Waals surface area contributed by atoms with Crippen molar-refractivity contribution in [3.05, 3.63) is 68.5 Å². The molecule has 3 amide bonds. The molecule has 0 fully saturated rings. The number of ether oxygens (including phenoxy) is 2. The van der Waals surface area contributed by atoms with E-state index in [9.17, 15) is 19.5 Å². The Hall–Kier alpha value is -3.57. The van der Waals surface area contributed by atoms with Crippen molar-refractivity contribution in [1.82, 2.24) is 15.5 Å². The molecular weight excluding hydrogens is 490 g/mol. The van der Waals surface area contributed by atoms with Crippen molar-refractivity contribution in [3.63, 3.8) is 0 Å². The lowest BCUT2D eigenvalue weighted by atomic mass is 9.94. The van der Waals surface area contributed by atoms with Crippen molar-refractivity contribution >= 4 is 40.6 Å². The van der Waals surface area contributed by atoms with E-state index in [-0.39, 0.29) is 19.2 Å². The summed E-state index contributed by atoms with van der Waals surface area (Å²) in [5.41, 5.74) is 0.558. The molecule has 0 bridgehead atoms. The van der Waals surface area contributed by atoms with Crippen molar-refractivity contribution in [2.45, 2.75) is 26.1 Å². The molecule has 184 valence electrons. The molecule has 0 radical (unpaired) electrons. The molecule has 1 aromatic carbocycles. The number of fused-ring (bicyclic) bond motifs is 1. The predicted octanol–water partition coefficient (Wildman–Crippen LogP) is 3.83. The van der Waals surface area contributed by atoms with Crippen LogP contribution in [-0.4, -0.2) is 41.3 Å². The van der Waals surface area contributed by atoms with E-state index in [1.165, 1.54) is 6.92 Å². The monoisotopic (exact) mass is 515 g/mol. The molecule has 0 saturated carbocycles. The number of urea groups is 1. The van der Waals surface area contributed by atoms with E-state index in [1.54, 1.807) is 45.8 Å². The molecule has 3 N–H and O–H groups in total. The fourth-order valence-corrected chi connectivity index (χ4v) is 5.06. The van der Waals surface area contributed by atoms with Crippen molar-refractivity contribution in [1.29, 1.82) is 0 Å². The van der Waals surface area contributed by atoms with Crippen molar-refractivity contribution in [2.75, 3.05) is 13.3 Å². The highest BCUT2D eigenvalue weighted by molar-refractivity contribution is 7.10. The Morgan fingerprint density at radius 1 is 1.03 bits per heavy atom. The van der Waals surface area contributed by atoms with Gasteiger partial charge in [-0.3, -0.25) is 9.59 Å². The molecule has 3 heterocycles. The molecule has 35 heavy (non-hydrogen) atoms. The van der Waals surface area contributed by atoms with E-state index in [4.69, 9.17) is 9.47 Å². The van der Waals surface area contributed by atoms with E-state index in [2.05, 4.69) is 10.6 Å². The van der Waals surface area contributed by atoms with Gasteiger partial charge >= 0.3 is 12.0 Å². The molecule has 0 saturated heterocycles. The quantitative estimate of drug-likeness (QED) is 0.378. The van der Waals surface area contributed by atoms with Gasteiger partial charge < -0.3 is 30.1 Å². The summed E-state index contributed by atoms with van der Waals surface area (Å²) in [4.78, 5) is 41.2. The van der Waals surface area contributed by atoms with Gasteiger partial charge in [0.05, 0.1) is 31.6 Å². The number of thiophene rings is 2. The highest BCUT2D eigenvalue weighted by atomic mass is 32.1. The van der Waals surface area contributed by atoms with Gasteiger partial charge in [-0.25, -0.2) is 4.79 Å². The van der Waals surface area contributed by atoms with E-state index in [1.807, 2.05) is 35.0 Å². The number of benzene rings is 1. The SMILES string of the molecule is CC(C(=O)O)[C@@H](NC(=O)NCC(=O)N(Cc1cccs1)Cc1cccs1)c1ccc2c(c1)OCO2. The standard InChI is InChI=1S/C24H25N3O6S2/c1-15(23(29)30)22(16-6-7-19-20(10-16)33-14-32-19)26-24(31)25-11-21(28)27(12-17-4-2-8-34-17)13-18-5-3-9-35-18/h2-10,15,22H,11-14H2,1H3,(H,29,30)(H2,25,26,31)/t15?,22-/m1/s1. The fourth-order valence-electron chi connectivity index (χ4n) is 3.62. The Kier molecular flexibility index (Phi) is 7.88. The maximum absolute atomic E-state index is 13.0. The molecule has 2 atom stereocenters. The minimum atomic E-state index is -1.07. The summed E-state index contributed by atoms with van der Waals surface area (Å²) in [6.07, 6.45) is 0. The number of amides is 3. The molecular formula is C24H25N3O6S2. The minimum absolute atomic E-state index is 0.0847. The first-order chi connectivity index (χ1) is 16.9. The fraction of sp³-hybridized carbons (Fsp3) is 0.292. The van der Waals surface area contributed by atoms with Gasteiger partial charge in [0, 0.05) is 9.75 Å². The second-order valence-corrected chi connectivity index (χ2v) is 10.0. The average molecular weight is 516 g/mol. The maximum Gasteiger partial charge on any atom is 0.315 e. The normalized spacial score (nSPS) is 13.6. The number of carbonyl (C=O) groups excluding carboxylic acids is 2. The first-order valence-corrected chi connectivity index (χ1v) is 12.7. The highest BCUT2D eigenvalue weighted by Gasteiger charge is 2.29. The van der Waals surface area contributed by atoms with Gasteiger partial charge in [-0.05, 0) is 47.5 Å². The van der Waals surface area contributed by atoms with Gasteiger partial charge in [0.25, 0.3) is 0 Å². The van der Waals surface area contributed by atoms with Crippen LogP contribution >= 0.6 is 22.7 Å². The smallest absolute Gasteiger partial charge is 0.315 e. The lowest BCUT2D eigenvalue weighted by molar-refractivity contribution is -0.142. The van der Waals surface area contributed by atoms with Gasteiger partial charge in [-0.1, -0.05) is 18.2 Å². The summed E-state index contributed by atoms with van der Waals surface area (Å²) >= 11 is 3.12. The molecule has 4 rings (SSSR count). The first kappa shape index (κ1) is 24.6. The second kappa shape index (κ2) is 11.2. The van der Waals surface area contributed by atoms with Crippen LogP contribution in [-0.2, 0) is 22.7 Å². The van der Waals surface area contributed by atoms with Gasteiger partial charge in [0.1, 0.15) is 0 Å². The van der Waals surface area contributed by atoms with Crippen LogP contribution in [0.5, 0.6) is 11.5 Å². The summed E-state index contributed by atoms with van der Waals surface area (Å²) in [6.45, 7) is 2.24. The minimum Gasteiger partial charge on any atom is -0.481 e. The number of carbonyl (C=O) groups is 3. The second-order valence-electron chi connectivity index (χ2n) is 7.95. The van der Waals surface area contributed by atoms with Crippen LogP contribution in [0.15, 0.2) is 53.2 Å². The molecule has 0 spiro atoms. The number of hydrogen-bond acceptors (Lipinski definition) is 7. The van der Waals surface area contributed by atoms with Crippen LogP contribution in [0.2, 0.25) is 0 Å². The third-order valence-electron chi connectivity index (χ3n) is 5.54. The Labute approximate surface area is 210 Å². The van der Waals surface area contributed by atoms with Crippen LogP contribution in [0.1, 0.15) is 28.3 Å². The van der Waals surface area contributed by atoms with E-state index < -0.39 is 24.0 Å². The maximum atomic E-state index is 13.0. The van der Waals surface area contributed by atoms with Crippen molar-refractivity contribution in [3.8, 4) is 11.5 Å². The lowest BCUT2D eigenvalue weighted by Crippen LogP contribution is -2.46. The molecule has 9 nitrogen and oxygen atoms in total. The number of carboxylic acid groups (broad SMARTS) is 1. The Morgan fingerprint density at radius 2 is 1.69 bits per heavy atom. The first-order valence-electron chi connectivity index (χ1n) is 10.9. The largest absolute Gasteiger partial charge is 0.481 e. The summed E-state index contributed by atoms with van der Waals surface area (Å²) in [5, 5.41) is 18.8. The zero-order valence-corrected chi connectivity index (χ0v) is 20.6. The molecule has 1 aliphatic heterocycles. The Morgan fingerprint density at radius 3 is 2.29 bits per heavy atom. The number of carboxylic acids is 1. The van der Waals surface area contributed by atoms with Crippen LogP contribution in [0.25, 0.3) is 0 Å². The molecule has 11 heteroatoms. The van der Waals surface area contributed by atoms with Crippen LogP contribution in [0, 0.1) is 5.92 Å². The Bertz CT molecular complexity index is 1130. The Balaban J connectivity index is 1.40. The van der Waals surface area contributed by atoms with Gasteiger partial charge in [-0.2, -0.15) is 0 Å². The van der Waals surface area contributed by atoms with E-state index in [0.717, 1.165) is 9.75 Å². The molecule has 0 aliphatic carbocycles. The van der Waals surface area contributed by atoms with E-state index >= 15 is 0 Å². The number of rotatable bonds is 10. The van der Waals surface area contributed by atoms with Gasteiger partial charge in [-0.15, -0.1) is 22.7 Å². The van der Waals surface area contributed by atoms with Gasteiger partial charge in [0.2, 0.25) is 12.7 Å². The highest BCUT2D eigenvalue weighted by Crippen LogP contribution is 2.35.